The molecule has 2 bridgehead atoms. The number of carbonyl (C=O) groups is 5. The van der Waals surface area contributed by atoms with Crippen molar-refractivity contribution in [2.75, 3.05) is 11.5 Å². The van der Waals surface area contributed by atoms with E-state index in [1.807, 2.05) is 6.92 Å². The minimum Gasteiger partial charge on any atom is -0.452 e. The van der Waals surface area contributed by atoms with Gasteiger partial charge in [-0.2, -0.15) is 0 Å². The molecule has 4 atom stereocenters. The number of nitrogens with one attached hydrogen (secondary N) is 2. The summed E-state index contributed by atoms with van der Waals surface area (Å²) in [5.41, 5.74) is 6.50. The highest BCUT2D eigenvalue weighted by Gasteiger charge is 2.60. The Bertz CT molecular complexity index is 1300. The van der Waals surface area contributed by atoms with Crippen LogP contribution in [0.15, 0.2) is 64.7 Å². The summed E-state index contributed by atoms with van der Waals surface area (Å²) in [5.74, 6) is -2.76. The Morgan fingerprint density at radius 3 is 2.28 bits per heavy atom. The van der Waals surface area contributed by atoms with Crippen LogP contribution < -0.4 is 15.8 Å². The molecule has 4 amide bonds. The summed E-state index contributed by atoms with van der Waals surface area (Å²) < 4.78 is 5.81. The predicted molar refractivity (Wildman–Crippen MR) is 131 cm³/mol. The van der Waals surface area contributed by atoms with Gasteiger partial charge in [0.05, 0.1) is 23.1 Å². The number of ether oxygens (including phenoxy) is 1. The highest BCUT2D eigenvalue weighted by Crippen LogP contribution is 2.55. The third-order valence-electron chi connectivity index (χ3n) is 7.00. The number of nitrogens with zero attached hydrogens (tertiary/aromatic N) is 1. The van der Waals surface area contributed by atoms with E-state index < -0.39 is 24.4 Å². The van der Waals surface area contributed by atoms with Gasteiger partial charge in [0.15, 0.2) is 6.61 Å². The molecule has 0 unspecified atom stereocenters. The molecular formula is C26H22BrN3O6. The number of benzene rings is 2. The van der Waals surface area contributed by atoms with Gasteiger partial charge in [0, 0.05) is 10.0 Å². The standard InChI is InChI=1S/C26H22BrN3O6/c1-13-10-16-11-19(13)22-21(16)24(33)30(25(22)34)18-8-4-15(5-9-18)26(35)36-12-20(31)28-29-23(32)14-2-6-17(27)7-3-14/h2-10,16,19,21-22H,11-12H2,1H3,(H,28,31)(H,29,32)/t16-,19+,21+,22+/m0/s1. The second kappa shape index (κ2) is 9.34. The summed E-state index contributed by atoms with van der Waals surface area (Å²) in [5, 5.41) is 0. The molecule has 9 nitrogen and oxygen atoms in total. The first-order valence-corrected chi connectivity index (χ1v) is 12.2. The lowest BCUT2D eigenvalue weighted by Gasteiger charge is -2.19. The Morgan fingerprint density at radius 2 is 1.58 bits per heavy atom. The van der Waals surface area contributed by atoms with E-state index in [9.17, 15) is 24.0 Å². The topological polar surface area (TPSA) is 122 Å². The maximum atomic E-state index is 13.1. The van der Waals surface area contributed by atoms with E-state index in [1.54, 1.807) is 24.3 Å². The number of allylic oxidation sites excluding steroid dienone is 2. The van der Waals surface area contributed by atoms with Crippen molar-refractivity contribution in [2.45, 2.75) is 13.3 Å². The first kappa shape index (κ1) is 23.9. The minimum atomic E-state index is -0.759. The van der Waals surface area contributed by atoms with E-state index in [1.165, 1.54) is 34.7 Å². The molecule has 10 heteroatoms. The molecule has 2 aromatic rings. The molecule has 1 saturated carbocycles. The van der Waals surface area contributed by atoms with Crippen LogP contribution in [0.2, 0.25) is 0 Å². The van der Waals surface area contributed by atoms with Crippen molar-refractivity contribution >= 4 is 51.2 Å². The SMILES string of the molecule is CC1=C[C@H]2C[C@H]1[C@H]1C(=O)N(c3ccc(C(=O)OCC(=O)NNC(=O)c4ccc(Br)cc4)cc3)C(=O)[C@@H]12. The molecule has 36 heavy (non-hydrogen) atoms. The van der Waals surface area contributed by atoms with E-state index in [4.69, 9.17) is 4.74 Å². The highest BCUT2D eigenvalue weighted by atomic mass is 79.9. The van der Waals surface area contributed by atoms with Gasteiger partial charge in [0.1, 0.15) is 0 Å². The largest absolute Gasteiger partial charge is 0.452 e. The maximum Gasteiger partial charge on any atom is 0.338 e. The first-order chi connectivity index (χ1) is 17.2. The molecule has 2 aliphatic carbocycles. The van der Waals surface area contributed by atoms with Gasteiger partial charge in [-0.05, 0) is 73.7 Å². The van der Waals surface area contributed by atoms with Crippen LogP contribution in [0.5, 0.6) is 0 Å². The van der Waals surface area contributed by atoms with Crippen molar-refractivity contribution in [1.29, 1.82) is 0 Å². The average molecular weight is 552 g/mol. The van der Waals surface area contributed by atoms with Crippen molar-refractivity contribution in [1.82, 2.24) is 10.9 Å². The minimum absolute atomic E-state index is 0.112. The van der Waals surface area contributed by atoms with E-state index in [0.717, 1.165) is 10.9 Å². The van der Waals surface area contributed by atoms with E-state index in [2.05, 4.69) is 32.9 Å². The lowest BCUT2D eigenvalue weighted by molar-refractivity contribution is -0.125. The maximum absolute atomic E-state index is 13.1. The second-order valence-corrected chi connectivity index (χ2v) is 10.0. The van der Waals surface area contributed by atoms with Gasteiger partial charge in [0.2, 0.25) is 11.8 Å². The molecule has 2 fully saturated rings. The van der Waals surface area contributed by atoms with E-state index in [0.29, 0.717) is 11.3 Å². The van der Waals surface area contributed by atoms with Gasteiger partial charge < -0.3 is 4.74 Å². The molecule has 1 heterocycles. The molecule has 184 valence electrons. The quantitative estimate of drug-likeness (QED) is 0.255. The molecule has 1 aliphatic heterocycles. The van der Waals surface area contributed by atoms with Gasteiger partial charge in [-0.3, -0.25) is 34.9 Å². The number of halogens is 1. The zero-order chi connectivity index (χ0) is 25.6. The Balaban J connectivity index is 1.14. The number of rotatable bonds is 5. The fourth-order valence-corrected chi connectivity index (χ4v) is 5.59. The fourth-order valence-electron chi connectivity index (χ4n) is 5.33. The van der Waals surface area contributed by atoms with Gasteiger partial charge in [-0.25, -0.2) is 4.79 Å². The fraction of sp³-hybridized carbons (Fsp3) is 0.269. The predicted octanol–water partition coefficient (Wildman–Crippen LogP) is 2.77. The molecule has 0 spiro atoms. The van der Waals surface area contributed by atoms with Crippen LogP contribution in [0.4, 0.5) is 5.69 Å². The van der Waals surface area contributed by atoms with Gasteiger partial charge in [0.25, 0.3) is 11.8 Å². The van der Waals surface area contributed by atoms with Crippen LogP contribution in [0.3, 0.4) is 0 Å². The van der Waals surface area contributed by atoms with Crippen LogP contribution >= 0.6 is 15.9 Å². The molecule has 5 rings (SSSR count). The monoisotopic (exact) mass is 551 g/mol. The number of hydrogen-bond acceptors (Lipinski definition) is 6. The van der Waals surface area contributed by atoms with Crippen molar-refractivity contribution in [3.8, 4) is 0 Å². The first-order valence-electron chi connectivity index (χ1n) is 11.4. The molecule has 2 aromatic carbocycles. The third kappa shape index (κ3) is 4.21. The molecule has 0 aromatic heterocycles. The summed E-state index contributed by atoms with van der Waals surface area (Å²) in [6.45, 7) is 1.40. The molecule has 3 aliphatic rings. The Hall–Kier alpha value is -3.79. The molecular weight excluding hydrogens is 530 g/mol. The summed E-state index contributed by atoms with van der Waals surface area (Å²) in [6.07, 6.45) is 2.97. The van der Waals surface area contributed by atoms with Gasteiger partial charge in [-0.1, -0.05) is 27.6 Å². The molecule has 2 N–H and O–H groups in total. The summed E-state index contributed by atoms with van der Waals surface area (Å²) in [4.78, 5) is 63.6. The average Bonchev–Trinajstić information content (AvgIpc) is 3.51. The van der Waals surface area contributed by atoms with Crippen LogP contribution in [0, 0.1) is 23.7 Å². The normalized spacial score (nSPS) is 23.8. The zero-order valence-corrected chi connectivity index (χ0v) is 20.8. The zero-order valence-electron chi connectivity index (χ0n) is 19.2. The highest BCUT2D eigenvalue weighted by molar-refractivity contribution is 9.10. The number of esters is 1. The lowest BCUT2D eigenvalue weighted by atomic mass is 9.82. The molecule has 1 saturated heterocycles. The van der Waals surface area contributed by atoms with Crippen LogP contribution in [0.25, 0.3) is 0 Å². The third-order valence-corrected chi connectivity index (χ3v) is 7.53. The Kier molecular flexibility index (Phi) is 6.21. The smallest absolute Gasteiger partial charge is 0.338 e. The van der Waals surface area contributed by atoms with Crippen LogP contribution in [-0.4, -0.2) is 36.2 Å². The van der Waals surface area contributed by atoms with E-state index in [-0.39, 0.29) is 41.0 Å². The number of imide groups is 1. The summed E-state index contributed by atoms with van der Waals surface area (Å²) >= 11 is 3.27. The number of carbonyl (C=O) groups excluding carboxylic acids is 5. The Labute approximate surface area is 215 Å². The number of fused-ring (bicyclic) bond motifs is 5. The number of amides is 4. The van der Waals surface area contributed by atoms with Crippen LogP contribution in [-0.2, 0) is 19.1 Å². The summed E-state index contributed by atoms with van der Waals surface area (Å²) in [7, 11) is 0. The Morgan fingerprint density at radius 1 is 0.944 bits per heavy atom. The summed E-state index contributed by atoms with van der Waals surface area (Å²) in [6, 6.07) is 12.5. The van der Waals surface area contributed by atoms with Crippen molar-refractivity contribution in [3.63, 3.8) is 0 Å². The lowest BCUT2D eigenvalue weighted by Crippen LogP contribution is -2.43. The number of hydrazine groups is 1. The number of hydrogen-bond donors (Lipinski definition) is 2. The van der Waals surface area contributed by atoms with Crippen molar-refractivity contribution in [2.24, 2.45) is 23.7 Å². The van der Waals surface area contributed by atoms with E-state index >= 15 is 0 Å². The second-order valence-electron chi connectivity index (χ2n) is 9.11. The van der Waals surface area contributed by atoms with Crippen molar-refractivity contribution < 1.29 is 28.7 Å². The van der Waals surface area contributed by atoms with Crippen molar-refractivity contribution in [3.05, 3.63) is 75.8 Å². The van der Waals surface area contributed by atoms with Gasteiger partial charge in [-0.15, -0.1) is 0 Å². The van der Waals surface area contributed by atoms with Gasteiger partial charge >= 0.3 is 5.97 Å². The number of anilines is 1. The van der Waals surface area contributed by atoms with Crippen LogP contribution in [0.1, 0.15) is 34.1 Å². The molecule has 0 radical (unpaired) electrons.